The molecular weight excluding hydrogens is 282 g/mol. The molecule has 0 amide bonds. The van der Waals surface area contributed by atoms with Crippen LogP contribution >= 0.6 is 11.8 Å². The number of benzene rings is 1. The van der Waals surface area contributed by atoms with Crippen LogP contribution in [-0.4, -0.2) is 28.9 Å². The van der Waals surface area contributed by atoms with Crippen LogP contribution in [0.15, 0.2) is 29.2 Å². The summed E-state index contributed by atoms with van der Waals surface area (Å²) in [6.45, 7) is 7.57. The Morgan fingerprint density at radius 2 is 2.00 bits per heavy atom. The van der Waals surface area contributed by atoms with Crippen molar-refractivity contribution in [2.45, 2.75) is 56.2 Å². The molecular formula is C17H25NO2S. The van der Waals surface area contributed by atoms with Crippen LogP contribution in [0.4, 0.5) is 0 Å². The van der Waals surface area contributed by atoms with Crippen LogP contribution in [0.2, 0.25) is 0 Å². The molecule has 1 heterocycles. The summed E-state index contributed by atoms with van der Waals surface area (Å²) in [5, 5.41) is 12.4. The number of hydrogen-bond acceptors (Lipinski definition) is 3. The summed E-state index contributed by atoms with van der Waals surface area (Å²) in [5.74, 6) is -0.740. The molecule has 0 saturated carbocycles. The zero-order chi connectivity index (χ0) is 15.5. The van der Waals surface area contributed by atoms with E-state index < -0.39 is 5.97 Å². The van der Waals surface area contributed by atoms with Gasteiger partial charge in [0.15, 0.2) is 0 Å². The molecule has 1 unspecified atom stereocenters. The number of thioether (sulfide) groups is 1. The van der Waals surface area contributed by atoms with Crippen LogP contribution in [0.5, 0.6) is 0 Å². The molecule has 2 atom stereocenters. The first-order valence-corrected chi connectivity index (χ1v) is 8.43. The fourth-order valence-electron chi connectivity index (χ4n) is 2.43. The molecule has 1 aliphatic rings. The first kappa shape index (κ1) is 16.4. The molecule has 0 aromatic heterocycles. The lowest BCUT2D eigenvalue weighted by atomic mass is 9.89. The number of hydrogen-bond donors (Lipinski definition) is 2. The van der Waals surface area contributed by atoms with E-state index in [4.69, 9.17) is 5.11 Å². The van der Waals surface area contributed by atoms with Crippen molar-refractivity contribution in [3.8, 4) is 0 Å². The minimum Gasteiger partial charge on any atom is -0.480 e. The lowest BCUT2D eigenvalue weighted by Gasteiger charge is -2.17. The van der Waals surface area contributed by atoms with Gasteiger partial charge in [0.25, 0.3) is 0 Å². The van der Waals surface area contributed by atoms with Crippen molar-refractivity contribution >= 4 is 17.7 Å². The molecule has 1 aromatic rings. The summed E-state index contributed by atoms with van der Waals surface area (Å²) in [4.78, 5) is 12.2. The molecule has 2 N–H and O–H groups in total. The summed E-state index contributed by atoms with van der Waals surface area (Å²) in [5.41, 5.74) is 1.75. The van der Waals surface area contributed by atoms with Crippen molar-refractivity contribution in [1.82, 2.24) is 5.32 Å². The Morgan fingerprint density at radius 1 is 1.33 bits per heavy atom. The van der Waals surface area contributed by atoms with Gasteiger partial charge < -0.3 is 10.4 Å². The summed E-state index contributed by atoms with van der Waals surface area (Å²) >= 11 is 1.78. The highest BCUT2D eigenvalue weighted by Crippen LogP contribution is 2.29. The van der Waals surface area contributed by atoms with Crippen molar-refractivity contribution in [3.63, 3.8) is 0 Å². The van der Waals surface area contributed by atoms with Crippen LogP contribution in [-0.2, 0) is 11.2 Å². The monoisotopic (exact) mass is 307 g/mol. The SMILES string of the molecule is CC(C)(C)CCc1ccc(SC2CN[C@H](C(=O)O)C2)cc1. The van der Waals surface area contributed by atoms with Crippen molar-refractivity contribution in [2.24, 2.45) is 5.41 Å². The van der Waals surface area contributed by atoms with Gasteiger partial charge in [0, 0.05) is 16.7 Å². The Morgan fingerprint density at radius 3 is 2.52 bits per heavy atom. The molecule has 1 saturated heterocycles. The molecule has 116 valence electrons. The molecule has 0 radical (unpaired) electrons. The van der Waals surface area contributed by atoms with E-state index in [2.05, 4.69) is 50.4 Å². The maximum Gasteiger partial charge on any atom is 0.320 e. The van der Waals surface area contributed by atoms with E-state index in [-0.39, 0.29) is 6.04 Å². The molecule has 0 aliphatic carbocycles. The van der Waals surface area contributed by atoms with Gasteiger partial charge in [0.05, 0.1) is 0 Å². The number of carbonyl (C=O) groups is 1. The molecule has 1 aliphatic heterocycles. The largest absolute Gasteiger partial charge is 0.480 e. The molecule has 0 bridgehead atoms. The van der Waals surface area contributed by atoms with Gasteiger partial charge >= 0.3 is 5.97 Å². The summed E-state index contributed by atoms with van der Waals surface area (Å²) in [6, 6.07) is 8.34. The highest BCUT2D eigenvalue weighted by Gasteiger charge is 2.29. The first-order valence-electron chi connectivity index (χ1n) is 7.55. The van der Waals surface area contributed by atoms with Gasteiger partial charge in [-0.1, -0.05) is 32.9 Å². The average molecular weight is 307 g/mol. The van der Waals surface area contributed by atoms with E-state index in [9.17, 15) is 4.79 Å². The third kappa shape index (κ3) is 5.36. The first-order chi connectivity index (χ1) is 9.83. The normalized spacial score (nSPS) is 22.4. The molecule has 1 fully saturated rings. The molecule has 1 aromatic carbocycles. The predicted molar refractivity (Wildman–Crippen MR) is 87.9 cm³/mol. The maximum absolute atomic E-state index is 10.9. The predicted octanol–water partition coefficient (Wildman–Crippen LogP) is 3.57. The second-order valence-electron chi connectivity index (χ2n) is 6.98. The number of carboxylic acid groups (broad SMARTS) is 1. The Hall–Kier alpha value is -1.00. The molecule has 2 rings (SSSR count). The van der Waals surface area contributed by atoms with Gasteiger partial charge in [-0.15, -0.1) is 11.8 Å². The van der Waals surface area contributed by atoms with Crippen molar-refractivity contribution < 1.29 is 9.90 Å². The highest BCUT2D eigenvalue weighted by atomic mass is 32.2. The number of aliphatic carboxylic acids is 1. The van der Waals surface area contributed by atoms with Gasteiger partial charge in [-0.2, -0.15) is 0 Å². The Bertz CT molecular complexity index is 479. The number of aryl methyl sites for hydroxylation is 1. The van der Waals surface area contributed by atoms with Gasteiger partial charge in [-0.3, -0.25) is 4.79 Å². The fraction of sp³-hybridized carbons (Fsp3) is 0.588. The smallest absolute Gasteiger partial charge is 0.320 e. The van der Waals surface area contributed by atoms with E-state index >= 15 is 0 Å². The third-order valence-electron chi connectivity index (χ3n) is 3.78. The molecule has 4 heteroatoms. The van der Waals surface area contributed by atoms with Crippen LogP contribution in [0.25, 0.3) is 0 Å². The second kappa shape index (κ2) is 6.84. The average Bonchev–Trinajstić information content (AvgIpc) is 2.86. The van der Waals surface area contributed by atoms with Gasteiger partial charge in [-0.05, 0) is 42.4 Å². The maximum atomic E-state index is 10.9. The van der Waals surface area contributed by atoms with Gasteiger partial charge in [-0.25, -0.2) is 0 Å². The summed E-state index contributed by atoms with van der Waals surface area (Å²) < 4.78 is 0. The number of carboxylic acids is 1. The van der Waals surface area contributed by atoms with Crippen molar-refractivity contribution in [2.75, 3.05) is 6.54 Å². The Labute approximate surface area is 131 Å². The summed E-state index contributed by atoms with van der Waals surface area (Å²) in [6.07, 6.45) is 3.00. The van der Waals surface area contributed by atoms with E-state index in [1.165, 1.54) is 16.9 Å². The van der Waals surface area contributed by atoms with Crippen LogP contribution in [0.3, 0.4) is 0 Å². The zero-order valence-electron chi connectivity index (χ0n) is 13.1. The quantitative estimate of drug-likeness (QED) is 0.873. The fourth-order valence-corrected chi connectivity index (χ4v) is 3.57. The Balaban J connectivity index is 1.84. The van der Waals surface area contributed by atoms with Crippen LogP contribution in [0, 0.1) is 5.41 Å². The minimum absolute atomic E-state index is 0.353. The van der Waals surface area contributed by atoms with E-state index in [1.807, 2.05) is 0 Å². The lowest BCUT2D eigenvalue weighted by Crippen LogP contribution is -2.29. The molecule has 0 spiro atoms. The van der Waals surface area contributed by atoms with E-state index in [0.717, 1.165) is 13.0 Å². The number of nitrogens with one attached hydrogen (secondary N) is 1. The molecule has 21 heavy (non-hydrogen) atoms. The van der Waals surface area contributed by atoms with Crippen LogP contribution in [0.1, 0.15) is 39.2 Å². The van der Waals surface area contributed by atoms with Gasteiger partial charge in [0.1, 0.15) is 6.04 Å². The van der Waals surface area contributed by atoms with E-state index in [1.54, 1.807) is 11.8 Å². The minimum atomic E-state index is -0.740. The standard InChI is InChI=1S/C17H25NO2S/c1-17(2,3)9-8-12-4-6-13(7-5-12)21-14-10-15(16(19)20)18-11-14/h4-7,14-15,18H,8-11H2,1-3H3,(H,19,20)/t14?,15-/m0/s1. The van der Waals surface area contributed by atoms with Crippen molar-refractivity contribution in [3.05, 3.63) is 29.8 Å². The van der Waals surface area contributed by atoms with Gasteiger partial charge in [0.2, 0.25) is 0 Å². The van der Waals surface area contributed by atoms with Crippen molar-refractivity contribution in [1.29, 1.82) is 0 Å². The third-order valence-corrected chi connectivity index (χ3v) is 5.02. The molecule has 3 nitrogen and oxygen atoms in total. The highest BCUT2D eigenvalue weighted by molar-refractivity contribution is 8.00. The topological polar surface area (TPSA) is 49.3 Å². The summed E-state index contributed by atoms with van der Waals surface area (Å²) in [7, 11) is 0. The lowest BCUT2D eigenvalue weighted by molar-refractivity contribution is -0.139. The van der Waals surface area contributed by atoms with Crippen LogP contribution < -0.4 is 5.32 Å². The Kier molecular flexibility index (Phi) is 5.33. The van der Waals surface area contributed by atoms with E-state index in [0.29, 0.717) is 17.1 Å². The number of rotatable bonds is 5. The zero-order valence-corrected chi connectivity index (χ0v) is 13.9. The second-order valence-corrected chi connectivity index (χ2v) is 8.35.